The summed E-state index contributed by atoms with van der Waals surface area (Å²) in [7, 11) is -3.84. The van der Waals surface area contributed by atoms with Gasteiger partial charge in [-0.1, -0.05) is 11.6 Å². The molecule has 0 unspecified atom stereocenters. The van der Waals surface area contributed by atoms with Crippen LogP contribution in [0, 0.1) is 5.82 Å². The summed E-state index contributed by atoms with van der Waals surface area (Å²) in [5.41, 5.74) is 1.21. The Labute approximate surface area is 211 Å². The number of fused-ring (bicyclic) bond motifs is 4. The van der Waals surface area contributed by atoms with Gasteiger partial charge in [0.2, 0.25) is 10.0 Å². The first-order chi connectivity index (χ1) is 17.1. The van der Waals surface area contributed by atoms with E-state index in [1.54, 1.807) is 6.92 Å². The lowest BCUT2D eigenvalue weighted by molar-refractivity contribution is 0.0686. The van der Waals surface area contributed by atoms with Crippen LogP contribution in [0.3, 0.4) is 0 Å². The van der Waals surface area contributed by atoms with Crippen molar-refractivity contribution in [2.24, 2.45) is 0 Å². The van der Waals surface area contributed by atoms with Crippen molar-refractivity contribution in [3.05, 3.63) is 46.5 Å². The van der Waals surface area contributed by atoms with E-state index in [9.17, 15) is 17.6 Å². The van der Waals surface area contributed by atoms with Gasteiger partial charge in [0.25, 0.3) is 11.8 Å². The molecule has 2 aromatic heterocycles. The Bertz CT molecular complexity index is 1470. The van der Waals surface area contributed by atoms with Gasteiger partial charge in [-0.2, -0.15) is 0 Å². The smallest absolute Gasteiger partial charge is 0.285 e. The van der Waals surface area contributed by atoms with Gasteiger partial charge in [0.15, 0.2) is 11.5 Å². The molecule has 2 aliphatic rings. The van der Waals surface area contributed by atoms with Crippen molar-refractivity contribution in [2.75, 3.05) is 42.8 Å². The summed E-state index contributed by atoms with van der Waals surface area (Å²) in [6.07, 6.45) is 0.853. The van der Waals surface area contributed by atoms with Crippen LogP contribution >= 0.6 is 11.6 Å². The SMILES string of the molecule is C[C@@H](Nc1ccc(Cl)nc1C(=O)NS(C)(=O)=O)c1cc(F)cc2nc3c(nc12)N1CCOC[C@H]1CO3. The number of amides is 1. The molecule has 0 radical (unpaired) electrons. The number of aromatic nitrogens is 3. The van der Waals surface area contributed by atoms with Crippen LogP contribution in [0.4, 0.5) is 15.9 Å². The number of pyridine rings is 1. The monoisotopic (exact) mass is 536 g/mol. The van der Waals surface area contributed by atoms with E-state index in [-0.39, 0.29) is 22.6 Å². The van der Waals surface area contributed by atoms with Gasteiger partial charge < -0.3 is 19.7 Å². The first-order valence-corrected chi connectivity index (χ1v) is 13.3. The number of halogens is 2. The maximum Gasteiger partial charge on any atom is 0.285 e. The highest BCUT2D eigenvalue weighted by Gasteiger charge is 2.33. The van der Waals surface area contributed by atoms with Crippen molar-refractivity contribution in [1.29, 1.82) is 0 Å². The summed E-state index contributed by atoms with van der Waals surface area (Å²) in [5.74, 6) is -0.587. The van der Waals surface area contributed by atoms with Crippen molar-refractivity contribution >= 4 is 50.1 Å². The number of hydrogen-bond donors (Lipinski definition) is 2. The maximum absolute atomic E-state index is 14.6. The van der Waals surface area contributed by atoms with Gasteiger partial charge in [-0.3, -0.25) is 4.79 Å². The third-order valence-electron chi connectivity index (χ3n) is 5.82. The predicted octanol–water partition coefficient (Wildman–Crippen LogP) is 2.28. The second-order valence-electron chi connectivity index (χ2n) is 8.55. The molecule has 190 valence electrons. The Morgan fingerprint density at radius 3 is 2.83 bits per heavy atom. The third-order valence-corrected chi connectivity index (χ3v) is 6.59. The van der Waals surface area contributed by atoms with Crippen molar-refractivity contribution in [3.63, 3.8) is 0 Å². The van der Waals surface area contributed by atoms with Gasteiger partial charge in [-0.15, -0.1) is 0 Å². The summed E-state index contributed by atoms with van der Waals surface area (Å²) >= 11 is 5.95. The summed E-state index contributed by atoms with van der Waals surface area (Å²) in [4.78, 5) is 27.9. The molecule has 4 heterocycles. The van der Waals surface area contributed by atoms with Crippen LogP contribution in [0.15, 0.2) is 24.3 Å². The van der Waals surface area contributed by atoms with E-state index in [0.29, 0.717) is 54.7 Å². The Kier molecular flexibility index (Phi) is 6.30. The minimum Gasteiger partial charge on any atom is -0.473 e. The maximum atomic E-state index is 14.6. The number of benzene rings is 1. The number of nitrogens with zero attached hydrogens (tertiary/aromatic N) is 4. The fraction of sp³-hybridized carbons (Fsp3) is 0.364. The fourth-order valence-corrected chi connectivity index (χ4v) is 4.82. The molecular weight excluding hydrogens is 515 g/mol. The Balaban J connectivity index is 1.54. The zero-order valence-corrected chi connectivity index (χ0v) is 20.9. The number of sulfonamides is 1. The number of nitrogens with one attached hydrogen (secondary N) is 2. The van der Waals surface area contributed by atoms with E-state index in [2.05, 4.69) is 20.2 Å². The van der Waals surface area contributed by atoms with Gasteiger partial charge in [0.05, 0.1) is 48.3 Å². The summed E-state index contributed by atoms with van der Waals surface area (Å²) in [6, 6.07) is 4.97. The number of rotatable bonds is 5. The molecule has 0 bridgehead atoms. The van der Waals surface area contributed by atoms with Crippen LogP contribution in [-0.2, 0) is 14.8 Å². The molecule has 1 aromatic carbocycles. The van der Waals surface area contributed by atoms with Gasteiger partial charge in [0.1, 0.15) is 17.6 Å². The molecule has 2 aliphatic heterocycles. The minimum absolute atomic E-state index is 0.000573. The van der Waals surface area contributed by atoms with Gasteiger partial charge in [-0.25, -0.2) is 32.5 Å². The highest BCUT2D eigenvalue weighted by molar-refractivity contribution is 7.89. The van der Waals surface area contributed by atoms with Crippen molar-refractivity contribution in [3.8, 4) is 5.88 Å². The largest absolute Gasteiger partial charge is 0.473 e. The fourth-order valence-electron chi connectivity index (χ4n) is 4.24. The van der Waals surface area contributed by atoms with Crippen molar-refractivity contribution in [1.82, 2.24) is 19.7 Å². The van der Waals surface area contributed by atoms with Crippen molar-refractivity contribution < 1.29 is 27.1 Å². The highest BCUT2D eigenvalue weighted by atomic mass is 35.5. The molecular formula is C22H22ClFN6O5S. The van der Waals surface area contributed by atoms with Crippen LogP contribution in [0.5, 0.6) is 5.88 Å². The molecule has 2 atom stereocenters. The molecule has 2 N–H and O–H groups in total. The van der Waals surface area contributed by atoms with Crippen molar-refractivity contribution in [2.45, 2.75) is 19.0 Å². The Morgan fingerprint density at radius 1 is 1.25 bits per heavy atom. The average molecular weight is 537 g/mol. The normalized spacial score (nSPS) is 18.1. The van der Waals surface area contributed by atoms with Crippen LogP contribution in [-0.4, -0.2) is 67.9 Å². The quantitative estimate of drug-likeness (QED) is 0.467. The molecule has 14 heteroatoms. The summed E-state index contributed by atoms with van der Waals surface area (Å²) < 4.78 is 50.9. The molecule has 0 saturated carbocycles. The molecule has 0 spiro atoms. The summed E-state index contributed by atoms with van der Waals surface area (Å²) in [6.45, 7) is 3.83. The number of hydrogen-bond acceptors (Lipinski definition) is 10. The topological polar surface area (TPSA) is 136 Å². The standard InChI is InChI=1S/C22H22ClFN6O5S/c1-11(25-15-3-4-17(23)27-19(15)21(31)29-36(2,32)33)14-7-12(24)8-16-18(14)28-20-22(26-16)35-10-13-9-34-6-5-30(13)20/h3-4,7-8,11,13,25H,5-6,9-10H2,1-2H3,(H,29,31)/t11-,13+/m1/s1. The highest BCUT2D eigenvalue weighted by Crippen LogP contribution is 2.36. The molecule has 5 rings (SSSR count). The first-order valence-electron chi connectivity index (χ1n) is 11.0. The molecule has 1 fully saturated rings. The number of ether oxygens (including phenoxy) is 2. The van der Waals surface area contributed by atoms with Crippen LogP contribution in [0.2, 0.25) is 5.15 Å². The van der Waals surface area contributed by atoms with Gasteiger partial charge >= 0.3 is 0 Å². The van der Waals surface area contributed by atoms with Gasteiger partial charge in [0, 0.05) is 18.2 Å². The number of carbonyl (C=O) groups is 1. The number of carbonyl (C=O) groups excluding carboxylic acids is 1. The third kappa shape index (κ3) is 4.86. The van der Waals surface area contributed by atoms with Crippen LogP contribution in [0.1, 0.15) is 29.0 Å². The zero-order chi connectivity index (χ0) is 25.6. The van der Waals surface area contributed by atoms with E-state index in [4.69, 9.17) is 26.1 Å². The minimum atomic E-state index is -3.84. The number of morpholine rings is 1. The average Bonchev–Trinajstić information content (AvgIpc) is 2.82. The molecule has 11 nitrogen and oxygen atoms in total. The Morgan fingerprint density at radius 2 is 2.06 bits per heavy atom. The lowest BCUT2D eigenvalue weighted by Crippen LogP contribution is -2.51. The van der Waals surface area contributed by atoms with Crippen LogP contribution < -0.4 is 19.7 Å². The molecule has 36 heavy (non-hydrogen) atoms. The number of anilines is 2. The lowest BCUT2D eigenvalue weighted by Gasteiger charge is -2.39. The van der Waals surface area contributed by atoms with E-state index < -0.39 is 27.8 Å². The second kappa shape index (κ2) is 9.30. The van der Waals surface area contributed by atoms with Gasteiger partial charge in [-0.05, 0) is 25.1 Å². The van der Waals surface area contributed by atoms with Crippen LogP contribution in [0.25, 0.3) is 11.0 Å². The van der Waals surface area contributed by atoms with E-state index >= 15 is 0 Å². The second-order valence-corrected chi connectivity index (χ2v) is 10.7. The molecule has 1 amide bonds. The lowest BCUT2D eigenvalue weighted by atomic mass is 10.0. The summed E-state index contributed by atoms with van der Waals surface area (Å²) in [5, 5.41) is 3.10. The zero-order valence-electron chi connectivity index (χ0n) is 19.3. The first kappa shape index (κ1) is 24.4. The molecule has 0 aliphatic carbocycles. The Hall–Kier alpha value is -3.29. The van der Waals surface area contributed by atoms with E-state index in [1.807, 2.05) is 4.72 Å². The molecule has 1 saturated heterocycles. The molecule has 3 aromatic rings. The predicted molar refractivity (Wildman–Crippen MR) is 131 cm³/mol. The van der Waals surface area contributed by atoms with E-state index in [0.717, 1.165) is 6.26 Å². The van der Waals surface area contributed by atoms with E-state index in [1.165, 1.54) is 24.3 Å².